The Hall–Kier alpha value is -3.24. The number of likely N-dealkylation sites (tertiary alicyclic amines) is 1. The molecule has 11 heteroatoms. The summed E-state index contributed by atoms with van der Waals surface area (Å²) < 4.78 is 7.11. The van der Waals surface area contributed by atoms with Crippen molar-refractivity contribution in [1.29, 1.82) is 0 Å². The molecule has 4 N–H and O–H groups in total. The fourth-order valence-electron chi connectivity index (χ4n) is 4.86. The number of anilines is 1. The molecule has 1 saturated carbocycles. The van der Waals surface area contributed by atoms with E-state index in [0.717, 1.165) is 36.6 Å². The number of hydrogen-bond donors (Lipinski definition) is 4. The van der Waals surface area contributed by atoms with Crippen LogP contribution in [0.4, 0.5) is 15.3 Å². The van der Waals surface area contributed by atoms with Crippen LogP contribution in [0.3, 0.4) is 0 Å². The molecular formula is C27H28BrClN4O5. The molecule has 1 aliphatic heterocycles. The molecule has 2 fully saturated rings. The van der Waals surface area contributed by atoms with Crippen molar-refractivity contribution in [3.8, 4) is 16.9 Å². The van der Waals surface area contributed by atoms with E-state index in [1.165, 1.54) is 4.90 Å². The van der Waals surface area contributed by atoms with Gasteiger partial charge in [-0.15, -0.1) is 0 Å². The molecule has 2 aliphatic rings. The number of piperidine rings is 1. The van der Waals surface area contributed by atoms with Gasteiger partial charge in [0.2, 0.25) is 0 Å². The molecule has 1 aliphatic carbocycles. The number of nitrogens with zero attached hydrogens (tertiary/aromatic N) is 1. The number of nitrogens with one attached hydrogen (secondary N) is 3. The van der Waals surface area contributed by atoms with Crippen LogP contribution in [0, 0.1) is 0 Å². The van der Waals surface area contributed by atoms with Crippen LogP contribution < -0.4 is 20.9 Å². The summed E-state index contributed by atoms with van der Waals surface area (Å²) >= 11 is 9.93. The van der Waals surface area contributed by atoms with Crippen LogP contribution in [0.5, 0.6) is 5.75 Å². The van der Waals surface area contributed by atoms with Crippen molar-refractivity contribution in [2.45, 2.75) is 50.6 Å². The molecule has 1 aromatic heterocycles. The number of aromatic amines is 1. The van der Waals surface area contributed by atoms with E-state index in [2.05, 4.69) is 31.5 Å². The second kappa shape index (κ2) is 11.2. The highest BCUT2D eigenvalue weighted by molar-refractivity contribution is 9.10. The van der Waals surface area contributed by atoms with Crippen molar-refractivity contribution in [2.24, 2.45) is 0 Å². The van der Waals surface area contributed by atoms with E-state index in [-0.39, 0.29) is 35.3 Å². The largest absolute Gasteiger partial charge is 0.492 e. The summed E-state index contributed by atoms with van der Waals surface area (Å²) in [4.78, 5) is 41.8. The predicted octanol–water partition coefficient (Wildman–Crippen LogP) is 6.20. The van der Waals surface area contributed by atoms with Gasteiger partial charge >= 0.3 is 12.1 Å². The molecule has 3 amide bonds. The van der Waals surface area contributed by atoms with Crippen LogP contribution in [0.15, 0.2) is 45.7 Å². The summed E-state index contributed by atoms with van der Waals surface area (Å²) in [5.41, 5.74) is 1.50. The number of rotatable bonds is 7. The Morgan fingerprint density at radius 1 is 1.18 bits per heavy atom. The number of carbonyl (C=O) groups excluding carboxylic acids is 1. The molecular weight excluding hydrogens is 576 g/mol. The Bertz CT molecular complexity index is 1440. The molecule has 2 aromatic carbocycles. The minimum atomic E-state index is -0.930. The molecule has 1 saturated heterocycles. The summed E-state index contributed by atoms with van der Waals surface area (Å²) in [6, 6.07) is 10.3. The summed E-state index contributed by atoms with van der Waals surface area (Å²) in [5.74, 6) is 0.349. The number of urea groups is 1. The first-order chi connectivity index (χ1) is 18.3. The molecule has 0 radical (unpaired) electrons. The molecule has 0 spiro atoms. The lowest BCUT2D eigenvalue weighted by Crippen LogP contribution is -2.43. The zero-order valence-corrected chi connectivity index (χ0v) is 22.9. The normalized spacial score (nSPS) is 17.3. The molecule has 200 valence electrons. The highest BCUT2D eigenvalue weighted by Crippen LogP contribution is 2.38. The number of benzene rings is 2. The van der Waals surface area contributed by atoms with Gasteiger partial charge in [0.1, 0.15) is 5.75 Å². The maximum Gasteiger partial charge on any atom is 0.407 e. The van der Waals surface area contributed by atoms with Crippen LogP contribution in [-0.2, 0) is 0 Å². The first-order valence-electron chi connectivity index (χ1n) is 12.7. The van der Waals surface area contributed by atoms with Crippen LogP contribution >= 0.6 is 27.5 Å². The van der Waals surface area contributed by atoms with Gasteiger partial charge in [0.15, 0.2) is 0 Å². The Labute approximate surface area is 232 Å². The summed E-state index contributed by atoms with van der Waals surface area (Å²) in [6.07, 6.45) is 4.04. The van der Waals surface area contributed by atoms with Gasteiger partial charge in [-0.2, -0.15) is 0 Å². The summed E-state index contributed by atoms with van der Waals surface area (Å²) in [5, 5.41) is 16.1. The first-order valence-corrected chi connectivity index (χ1v) is 13.8. The summed E-state index contributed by atoms with van der Waals surface area (Å²) in [6.45, 7) is 0.717. The van der Waals surface area contributed by atoms with Crippen molar-refractivity contribution < 1.29 is 19.4 Å². The van der Waals surface area contributed by atoms with Crippen molar-refractivity contribution in [1.82, 2.24) is 15.2 Å². The van der Waals surface area contributed by atoms with Gasteiger partial charge < -0.3 is 30.4 Å². The molecule has 9 nitrogen and oxygen atoms in total. The second-order valence-electron chi connectivity index (χ2n) is 9.68. The quantitative estimate of drug-likeness (QED) is 0.256. The van der Waals surface area contributed by atoms with Crippen LogP contribution in [-0.4, -0.2) is 52.4 Å². The van der Waals surface area contributed by atoms with Gasteiger partial charge in [-0.25, -0.2) is 9.59 Å². The van der Waals surface area contributed by atoms with Gasteiger partial charge in [-0.3, -0.25) is 4.79 Å². The smallest absolute Gasteiger partial charge is 0.407 e. The first kappa shape index (κ1) is 26.4. The monoisotopic (exact) mass is 602 g/mol. The van der Waals surface area contributed by atoms with E-state index in [1.807, 2.05) is 24.3 Å². The van der Waals surface area contributed by atoms with Gasteiger partial charge in [0.25, 0.3) is 5.56 Å². The molecule has 1 unspecified atom stereocenters. The predicted molar refractivity (Wildman–Crippen MR) is 150 cm³/mol. The van der Waals surface area contributed by atoms with Crippen molar-refractivity contribution in [3.63, 3.8) is 0 Å². The second-order valence-corrected chi connectivity index (χ2v) is 11.0. The van der Waals surface area contributed by atoms with Crippen molar-refractivity contribution in [3.05, 3.63) is 56.2 Å². The number of halogens is 2. The third-order valence-corrected chi connectivity index (χ3v) is 7.70. The van der Waals surface area contributed by atoms with E-state index < -0.39 is 6.09 Å². The molecule has 0 bridgehead atoms. The lowest BCUT2D eigenvalue weighted by atomic mass is 10.00. The fraction of sp³-hybridized carbons (Fsp3) is 0.370. The highest BCUT2D eigenvalue weighted by Gasteiger charge is 2.27. The Morgan fingerprint density at radius 2 is 2.00 bits per heavy atom. The van der Waals surface area contributed by atoms with E-state index >= 15 is 0 Å². The van der Waals surface area contributed by atoms with Gasteiger partial charge in [0, 0.05) is 34.9 Å². The standard InChI is InChI=1S/C27H28BrClN4O5/c28-16-5-3-4-15(12-16)23-24(38-11-9-18-6-1-2-10-33(18)27(36)37)19-13-22(32-26(35)30-17-7-8-17)20(29)14-21(19)31-25(23)34/h3-5,12-14,17-18H,1-2,6-11H2,(H,31,34)(H,36,37)(H2,30,32,35). The lowest BCUT2D eigenvalue weighted by Gasteiger charge is -2.33. The zero-order chi connectivity index (χ0) is 26.8. The average molecular weight is 604 g/mol. The Kier molecular flexibility index (Phi) is 7.80. The number of H-pyrrole nitrogens is 1. The molecule has 2 heterocycles. The molecule has 1 atom stereocenters. The van der Waals surface area contributed by atoms with Gasteiger partial charge in [-0.1, -0.05) is 39.7 Å². The van der Waals surface area contributed by atoms with Crippen LogP contribution in [0.1, 0.15) is 38.5 Å². The molecule has 3 aromatic rings. The third-order valence-electron chi connectivity index (χ3n) is 6.90. The Morgan fingerprint density at radius 3 is 2.74 bits per heavy atom. The van der Waals surface area contributed by atoms with E-state index in [1.54, 1.807) is 12.1 Å². The highest BCUT2D eigenvalue weighted by atomic mass is 79.9. The number of hydrogen-bond acceptors (Lipinski definition) is 4. The molecule has 5 rings (SSSR count). The lowest BCUT2D eigenvalue weighted by molar-refractivity contribution is 0.0969. The van der Waals surface area contributed by atoms with Crippen LogP contribution in [0.2, 0.25) is 5.02 Å². The SMILES string of the molecule is O=C(Nc1cc2c(OCCC3CCCCN3C(=O)O)c(-c3cccc(Br)c3)c(=O)[nH]c2cc1Cl)NC1CC1. The topological polar surface area (TPSA) is 124 Å². The van der Waals surface area contributed by atoms with Gasteiger partial charge in [-0.05, 0) is 61.9 Å². The zero-order valence-electron chi connectivity index (χ0n) is 20.6. The maximum absolute atomic E-state index is 13.3. The van der Waals surface area contributed by atoms with Crippen LogP contribution in [0.25, 0.3) is 22.0 Å². The molecule has 38 heavy (non-hydrogen) atoms. The van der Waals surface area contributed by atoms with E-state index in [0.29, 0.717) is 46.4 Å². The number of ether oxygens (including phenoxy) is 1. The number of carboxylic acid groups (broad SMARTS) is 1. The van der Waals surface area contributed by atoms with E-state index in [4.69, 9.17) is 16.3 Å². The third kappa shape index (κ3) is 5.91. The average Bonchev–Trinajstić information content (AvgIpc) is 3.69. The Balaban J connectivity index is 1.52. The number of fused-ring (bicyclic) bond motifs is 1. The number of pyridine rings is 1. The minimum Gasteiger partial charge on any atom is -0.492 e. The minimum absolute atomic E-state index is 0.151. The number of aromatic nitrogens is 1. The van der Waals surface area contributed by atoms with Crippen molar-refractivity contribution >= 4 is 56.2 Å². The van der Waals surface area contributed by atoms with Gasteiger partial charge in [0.05, 0.1) is 28.4 Å². The maximum atomic E-state index is 13.3. The fourth-order valence-corrected chi connectivity index (χ4v) is 5.47. The van der Waals surface area contributed by atoms with Crippen molar-refractivity contribution in [2.75, 3.05) is 18.5 Å². The van der Waals surface area contributed by atoms with E-state index in [9.17, 15) is 19.5 Å². The number of amides is 3. The number of carbonyl (C=O) groups is 2. The summed E-state index contributed by atoms with van der Waals surface area (Å²) in [7, 11) is 0.